The summed E-state index contributed by atoms with van der Waals surface area (Å²) in [5.74, 6) is 0.769. The maximum absolute atomic E-state index is 13.0. The zero-order valence-corrected chi connectivity index (χ0v) is 19.0. The summed E-state index contributed by atoms with van der Waals surface area (Å²) in [7, 11) is 0. The van der Waals surface area contributed by atoms with E-state index in [2.05, 4.69) is 11.4 Å². The molecule has 6 nitrogen and oxygen atoms in total. The first kappa shape index (κ1) is 22.7. The lowest BCUT2D eigenvalue weighted by molar-refractivity contribution is -0.121. The second-order valence-corrected chi connectivity index (χ2v) is 8.36. The number of hydrogen-bond donors (Lipinski definition) is 1. The van der Waals surface area contributed by atoms with E-state index < -0.39 is 0 Å². The number of aryl methyl sites for hydroxylation is 1. The van der Waals surface area contributed by atoms with Crippen LogP contribution in [0.4, 0.5) is 10.5 Å². The molecule has 0 bridgehead atoms. The van der Waals surface area contributed by atoms with Gasteiger partial charge in [0.2, 0.25) is 5.91 Å². The molecular weight excluding hydrogens is 390 g/mol. The molecule has 0 saturated heterocycles. The lowest BCUT2D eigenvalue weighted by Gasteiger charge is -2.26. The molecule has 2 aromatic rings. The monoisotopic (exact) mass is 423 g/mol. The average molecular weight is 424 g/mol. The summed E-state index contributed by atoms with van der Waals surface area (Å²) < 4.78 is 5.87. The van der Waals surface area contributed by atoms with E-state index in [-0.39, 0.29) is 17.9 Å². The molecule has 0 radical (unpaired) electrons. The Labute approximate surface area is 185 Å². The van der Waals surface area contributed by atoms with Crippen LogP contribution in [0.1, 0.15) is 43.9 Å². The van der Waals surface area contributed by atoms with Crippen LogP contribution in [0.3, 0.4) is 0 Å². The van der Waals surface area contributed by atoms with Crippen molar-refractivity contribution in [2.24, 2.45) is 5.92 Å². The summed E-state index contributed by atoms with van der Waals surface area (Å²) >= 11 is 0. The summed E-state index contributed by atoms with van der Waals surface area (Å²) in [6.07, 6.45) is 0.898. The van der Waals surface area contributed by atoms with E-state index in [9.17, 15) is 9.59 Å². The van der Waals surface area contributed by atoms with Crippen LogP contribution in [-0.4, -0.2) is 36.5 Å². The van der Waals surface area contributed by atoms with Gasteiger partial charge in [0.05, 0.1) is 19.6 Å². The Bertz CT molecular complexity index is 909. The van der Waals surface area contributed by atoms with Crippen LogP contribution in [0.25, 0.3) is 0 Å². The predicted octanol–water partition coefficient (Wildman–Crippen LogP) is 4.50. The number of benzene rings is 2. The Morgan fingerprint density at radius 2 is 1.90 bits per heavy atom. The molecule has 3 rings (SSSR count). The minimum atomic E-state index is -0.108. The Morgan fingerprint density at radius 3 is 2.58 bits per heavy atom. The Balaban J connectivity index is 1.84. The number of ether oxygens (including phenoxy) is 1. The highest BCUT2D eigenvalue weighted by atomic mass is 16.5. The Morgan fingerprint density at radius 1 is 1.16 bits per heavy atom. The number of fused-ring (bicyclic) bond motifs is 1. The summed E-state index contributed by atoms with van der Waals surface area (Å²) in [5, 5.41) is 2.94. The van der Waals surface area contributed by atoms with Gasteiger partial charge in [-0.1, -0.05) is 44.5 Å². The van der Waals surface area contributed by atoms with Crippen molar-refractivity contribution in [2.75, 3.05) is 24.6 Å². The van der Waals surface area contributed by atoms with E-state index in [0.717, 1.165) is 34.5 Å². The van der Waals surface area contributed by atoms with Gasteiger partial charge in [-0.2, -0.15) is 0 Å². The van der Waals surface area contributed by atoms with Crippen molar-refractivity contribution in [1.29, 1.82) is 0 Å². The SMILES string of the molecule is CCCNC(=O)N1CCOc2ccc(CN(C(=O)C(C)C)c3ccc(C)cc3)cc2C1. The molecule has 0 atom stereocenters. The molecule has 6 heteroatoms. The summed E-state index contributed by atoms with van der Waals surface area (Å²) in [6, 6.07) is 14.0. The van der Waals surface area contributed by atoms with Crippen molar-refractivity contribution < 1.29 is 14.3 Å². The number of urea groups is 1. The fraction of sp³-hybridized carbons (Fsp3) is 0.440. The minimum absolute atomic E-state index is 0.0695. The minimum Gasteiger partial charge on any atom is -0.491 e. The summed E-state index contributed by atoms with van der Waals surface area (Å²) in [4.78, 5) is 29.0. The second kappa shape index (κ2) is 10.3. The molecule has 1 heterocycles. The molecule has 2 aromatic carbocycles. The van der Waals surface area contributed by atoms with Crippen molar-refractivity contribution in [1.82, 2.24) is 10.2 Å². The average Bonchev–Trinajstić information content (AvgIpc) is 2.98. The predicted molar refractivity (Wildman–Crippen MR) is 123 cm³/mol. The second-order valence-electron chi connectivity index (χ2n) is 8.36. The van der Waals surface area contributed by atoms with Gasteiger partial charge in [0.1, 0.15) is 12.4 Å². The zero-order valence-electron chi connectivity index (χ0n) is 19.0. The summed E-state index contributed by atoms with van der Waals surface area (Å²) in [5.41, 5.74) is 4.01. The first-order valence-electron chi connectivity index (χ1n) is 11.0. The fourth-order valence-corrected chi connectivity index (χ4v) is 3.58. The number of rotatable bonds is 6. The zero-order chi connectivity index (χ0) is 22.4. The number of amides is 3. The van der Waals surface area contributed by atoms with Gasteiger partial charge in [-0.05, 0) is 43.2 Å². The maximum atomic E-state index is 13.0. The quantitative estimate of drug-likeness (QED) is 0.744. The highest BCUT2D eigenvalue weighted by Crippen LogP contribution is 2.27. The highest BCUT2D eigenvalue weighted by molar-refractivity contribution is 5.94. The van der Waals surface area contributed by atoms with E-state index in [1.165, 1.54) is 0 Å². The number of nitrogens with one attached hydrogen (secondary N) is 1. The molecule has 1 N–H and O–H groups in total. The Kier molecular flexibility index (Phi) is 7.55. The van der Waals surface area contributed by atoms with Crippen molar-refractivity contribution in [2.45, 2.75) is 47.2 Å². The molecule has 1 aliphatic heterocycles. The van der Waals surface area contributed by atoms with Gasteiger partial charge < -0.3 is 19.9 Å². The molecule has 0 aromatic heterocycles. The van der Waals surface area contributed by atoms with Gasteiger partial charge >= 0.3 is 6.03 Å². The van der Waals surface area contributed by atoms with E-state index in [1.54, 1.807) is 4.90 Å². The molecular formula is C25H33N3O3. The van der Waals surface area contributed by atoms with E-state index in [4.69, 9.17) is 4.74 Å². The normalized spacial score (nSPS) is 13.3. The lowest BCUT2D eigenvalue weighted by Crippen LogP contribution is -2.40. The van der Waals surface area contributed by atoms with Gasteiger partial charge in [0, 0.05) is 23.7 Å². The maximum Gasteiger partial charge on any atom is 0.317 e. The Hall–Kier alpha value is -3.02. The third-order valence-electron chi connectivity index (χ3n) is 5.36. The molecule has 166 valence electrons. The van der Waals surface area contributed by atoms with Crippen LogP contribution in [0.15, 0.2) is 42.5 Å². The van der Waals surface area contributed by atoms with Gasteiger partial charge in [-0.3, -0.25) is 4.79 Å². The van der Waals surface area contributed by atoms with Crippen LogP contribution in [0.2, 0.25) is 0 Å². The van der Waals surface area contributed by atoms with Crippen molar-refractivity contribution in [3.05, 3.63) is 59.2 Å². The van der Waals surface area contributed by atoms with Crippen LogP contribution >= 0.6 is 0 Å². The molecule has 0 aliphatic carbocycles. The lowest BCUT2D eigenvalue weighted by atomic mass is 10.1. The van der Waals surface area contributed by atoms with Crippen molar-refractivity contribution in [3.8, 4) is 5.75 Å². The first-order chi connectivity index (χ1) is 14.9. The standard InChI is InChI=1S/C25H33N3O3/c1-5-12-26-25(30)27-13-14-31-23-11-8-20(15-21(23)17-27)16-28(24(29)18(2)3)22-9-6-19(4)7-10-22/h6-11,15,18H,5,12-14,16-17H2,1-4H3,(H,26,30). The van der Waals surface area contributed by atoms with Gasteiger partial charge in [-0.15, -0.1) is 0 Å². The van der Waals surface area contributed by atoms with Crippen LogP contribution in [0, 0.1) is 12.8 Å². The van der Waals surface area contributed by atoms with Crippen molar-refractivity contribution >= 4 is 17.6 Å². The third kappa shape index (κ3) is 5.78. The van der Waals surface area contributed by atoms with E-state index >= 15 is 0 Å². The van der Waals surface area contributed by atoms with Gasteiger partial charge in [0.25, 0.3) is 0 Å². The third-order valence-corrected chi connectivity index (χ3v) is 5.36. The van der Waals surface area contributed by atoms with E-state index in [0.29, 0.717) is 32.8 Å². The number of anilines is 1. The molecule has 0 fully saturated rings. The molecule has 0 spiro atoms. The van der Waals surface area contributed by atoms with Crippen LogP contribution in [0.5, 0.6) is 5.75 Å². The van der Waals surface area contributed by atoms with Crippen molar-refractivity contribution in [3.63, 3.8) is 0 Å². The number of carbonyl (C=O) groups excluding carboxylic acids is 2. The van der Waals surface area contributed by atoms with E-state index in [1.807, 2.05) is 69.0 Å². The topological polar surface area (TPSA) is 61.9 Å². The van der Waals surface area contributed by atoms with Crippen LogP contribution in [-0.2, 0) is 17.9 Å². The van der Waals surface area contributed by atoms with Gasteiger partial charge in [0.15, 0.2) is 0 Å². The summed E-state index contributed by atoms with van der Waals surface area (Å²) in [6.45, 7) is 10.5. The first-order valence-corrected chi connectivity index (χ1v) is 11.0. The molecule has 0 unspecified atom stereocenters. The largest absolute Gasteiger partial charge is 0.491 e. The molecule has 0 saturated carbocycles. The number of hydrogen-bond acceptors (Lipinski definition) is 3. The smallest absolute Gasteiger partial charge is 0.317 e. The molecule has 31 heavy (non-hydrogen) atoms. The number of carbonyl (C=O) groups is 2. The van der Waals surface area contributed by atoms with Crippen LogP contribution < -0.4 is 15.0 Å². The highest BCUT2D eigenvalue weighted by Gasteiger charge is 2.22. The molecule has 3 amide bonds. The molecule has 1 aliphatic rings. The fourth-order valence-electron chi connectivity index (χ4n) is 3.58. The number of nitrogens with zero attached hydrogens (tertiary/aromatic N) is 2. The van der Waals surface area contributed by atoms with Gasteiger partial charge in [-0.25, -0.2) is 4.79 Å².